The van der Waals surface area contributed by atoms with Crippen LogP contribution in [0.1, 0.15) is 86.0 Å². The molecule has 2 saturated carbocycles. The van der Waals surface area contributed by atoms with Crippen LogP contribution in [0.4, 0.5) is 0 Å². The van der Waals surface area contributed by atoms with Crippen LogP contribution in [0, 0.1) is 11.3 Å². The number of ether oxygens (including phenoxy) is 1. The van der Waals surface area contributed by atoms with E-state index in [-0.39, 0.29) is 11.9 Å². The zero-order valence-corrected chi connectivity index (χ0v) is 15.7. The van der Waals surface area contributed by atoms with Crippen molar-refractivity contribution in [3.05, 3.63) is 35.4 Å². The van der Waals surface area contributed by atoms with Gasteiger partial charge in [-0.05, 0) is 55.2 Å². The molecule has 0 aliphatic heterocycles. The van der Waals surface area contributed by atoms with Crippen molar-refractivity contribution in [2.75, 3.05) is 7.11 Å². The fourth-order valence-corrected chi connectivity index (χ4v) is 5.07. The predicted octanol–water partition coefficient (Wildman–Crippen LogP) is 5.17. The highest BCUT2D eigenvalue weighted by Gasteiger charge is 2.44. The minimum atomic E-state index is -0.612. The molecule has 4 nitrogen and oxygen atoms in total. The lowest BCUT2D eigenvalue weighted by atomic mass is 9.63. The Morgan fingerprint density at radius 2 is 1.77 bits per heavy atom. The van der Waals surface area contributed by atoms with Crippen molar-refractivity contribution in [1.29, 1.82) is 0 Å². The molecular formula is C22H30O4. The van der Waals surface area contributed by atoms with E-state index in [1.54, 1.807) is 12.1 Å². The monoisotopic (exact) mass is 358 g/mol. The van der Waals surface area contributed by atoms with Crippen molar-refractivity contribution in [3.63, 3.8) is 0 Å². The van der Waals surface area contributed by atoms with Crippen LogP contribution < -0.4 is 0 Å². The van der Waals surface area contributed by atoms with Crippen LogP contribution in [-0.2, 0) is 9.53 Å². The van der Waals surface area contributed by atoms with Gasteiger partial charge in [0.25, 0.3) is 0 Å². The van der Waals surface area contributed by atoms with Gasteiger partial charge in [0.2, 0.25) is 0 Å². The molecule has 0 aromatic heterocycles. The van der Waals surface area contributed by atoms with Crippen molar-refractivity contribution in [2.24, 2.45) is 11.3 Å². The van der Waals surface area contributed by atoms with Gasteiger partial charge in [0.15, 0.2) is 0 Å². The molecule has 0 unspecified atom stereocenters. The molecule has 26 heavy (non-hydrogen) atoms. The molecule has 2 aliphatic rings. The highest BCUT2D eigenvalue weighted by atomic mass is 16.5. The number of carboxylic acids is 1. The van der Waals surface area contributed by atoms with Crippen LogP contribution in [0.15, 0.2) is 24.3 Å². The number of hydrogen-bond donors (Lipinski definition) is 1. The maximum Gasteiger partial charge on any atom is 0.337 e. The average Bonchev–Trinajstić information content (AvgIpc) is 2.68. The summed E-state index contributed by atoms with van der Waals surface area (Å²) in [5.74, 6) is -0.119. The molecule has 1 aromatic rings. The molecule has 2 fully saturated rings. The summed E-state index contributed by atoms with van der Waals surface area (Å²) in [5, 5.41) is 10.1. The summed E-state index contributed by atoms with van der Waals surface area (Å²) >= 11 is 0. The number of esters is 1. The van der Waals surface area contributed by atoms with E-state index in [1.807, 2.05) is 12.1 Å². The first-order valence-electron chi connectivity index (χ1n) is 9.96. The lowest BCUT2D eigenvalue weighted by Gasteiger charge is -2.40. The highest BCUT2D eigenvalue weighted by Crippen LogP contribution is 2.49. The number of aliphatic carboxylic acids is 1. The molecule has 2 atom stereocenters. The smallest absolute Gasteiger partial charge is 0.337 e. The van der Waals surface area contributed by atoms with Gasteiger partial charge in [-0.15, -0.1) is 0 Å². The fourth-order valence-electron chi connectivity index (χ4n) is 5.07. The second-order valence-corrected chi connectivity index (χ2v) is 8.20. The minimum Gasteiger partial charge on any atom is -0.481 e. The zero-order chi connectivity index (χ0) is 18.6. The Labute approximate surface area is 155 Å². The maximum atomic E-state index is 12.2. The number of carbonyl (C=O) groups excluding carboxylic acids is 1. The topological polar surface area (TPSA) is 63.6 Å². The molecule has 1 N–H and O–H groups in total. The van der Waals surface area contributed by atoms with E-state index >= 15 is 0 Å². The molecule has 3 rings (SSSR count). The molecule has 0 heterocycles. The Balaban J connectivity index is 1.75. The summed E-state index contributed by atoms with van der Waals surface area (Å²) in [7, 11) is 1.38. The first-order chi connectivity index (χ1) is 12.5. The molecule has 142 valence electrons. The van der Waals surface area contributed by atoms with Gasteiger partial charge >= 0.3 is 11.9 Å². The Kier molecular flexibility index (Phi) is 6.00. The van der Waals surface area contributed by atoms with Crippen LogP contribution in [-0.4, -0.2) is 24.2 Å². The van der Waals surface area contributed by atoms with Crippen LogP contribution in [0.25, 0.3) is 0 Å². The van der Waals surface area contributed by atoms with Crippen molar-refractivity contribution in [1.82, 2.24) is 0 Å². The third-order valence-electron chi connectivity index (χ3n) is 6.51. The van der Waals surface area contributed by atoms with Crippen molar-refractivity contribution < 1.29 is 19.4 Å². The highest BCUT2D eigenvalue weighted by molar-refractivity contribution is 5.89. The second-order valence-electron chi connectivity index (χ2n) is 8.20. The van der Waals surface area contributed by atoms with Crippen molar-refractivity contribution in [2.45, 2.75) is 70.1 Å². The standard InChI is InChI=1S/C22H30O4/c1-26-20(23)18-11-9-17(10-12-18)19-8-5-13-22(15-19,21(24)25)14-16-6-3-2-4-7-16/h9-12,16,19H,2-8,13-15H2,1H3,(H,24,25)/t19-,22-/m0/s1. The maximum absolute atomic E-state index is 12.2. The van der Waals surface area contributed by atoms with E-state index in [0.717, 1.165) is 37.7 Å². The van der Waals surface area contributed by atoms with E-state index < -0.39 is 11.4 Å². The normalized spacial score (nSPS) is 27.0. The van der Waals surface area contributed by atoms with Gasteiger partial charge in [-0.25, -0.2) is 4.79 Å². The van der Waals surface area contributed by atoms with Gasteiger partial charge < -0.3 is 9.84 Å². The molecule has 0 bridgehead atoms. The van der Waals surface area contributed by atoms with E-state index in [0.29, 0.717) is 11.5 Å². The Bertz CT molecular complexity index is 630. The zero-order valence-electron chi connectivity index (χ0n) is 15.7. The van der Waals surface area contributed by atoms with E-state index in [9.17, 15) is 14.7 Å². The number of hydrogen-bond acceptors (Lipinski definition) is 3. The molecular weight excluding hydrogens is 328 g/mol. The molecule has 4 heteroatoms. The van der Waals surface area contributed by atoms with Crippen LogP contribution in [0.5, 0.6) is 0 Å². The minimum absolute atomic E-state index is 0.259. The van der Waals surface area contributed by atoms with E-state index in [2.05, 4.69) is 0 Å². The number of carbonyl (C=O) groups is 2. The number of rotatable bonds is 5. The first kappa shape index (κ1) is 18.9. The average molecular weight is 358 g/mol. The first-order valence-corrected chi connectivity index (χ1v) is 9.96. The van der Waals surface area contributed by atoms with Crippen molar-refractivity contribution in [3.8, 4) is 0 Å². The summed E-state index contributed by atoms with van der Waals surface area (Å²) in [6, 6.07) is 7.52. The quantitative estimate of drug-likeness (QED) is 0.737. The summed E-state index contributed by atoms with van der Waals surface area (Å²) in [6.07, 6.45) is 10.5. The van der Waals surface area contributed by atoms with Gasteiger partial charge in [0.05, 0.1) is 18.1 Å². The Hall–Kier alpha value is -1.84. The predicted molar refractivity (Wildman–Crippen MR) is 100 cm³/mol. The Morgan fingerprint density at radius 1 is 1.08 bits per heavy atom. The molecule has 0 amide bonds. The van der Waals surface area contributed by atoms with E-state index in [4.69, 9.17) is 4.74 Å². The van der Waals surface area contributed by atoms with Gasteiger partial charge in [-0.1, -0.05) is 50.7 Å². The second kappa shape index (κ2) is 8.24. The van der Waals surface area contributed by atoms with Gasteiger partial charge in [0.1, 0.15) is 0 Å². The van der Waals surface area contributed by atoms with Crippen LogP contribution in [0.3, 0.4) is 0 Å². The Morgan fingerprint density at radius 3 is 2.38 bits per heavy atom. The lowest BCUT2D eigenvalue weighted by molar-refractivity contribution is -0.153. The molecule has 0 radical (unpaired) electrons. The molecule has 0 saturated heterocycles. The molecule has 2 aliphatic carbocycles. The molecule has 0 spiro atoms. The van der Waals surface area contributed by atoms with Gasteiger partial charge in [0, 0.05) is 0 Å². The van der Waals surface area contributed by atoms with Crippen LogP contribution in [0.2, 0.25) is 0 Å². The molecule has 1 aromatic carbocycles. The number of benzene rings is 1. The third kappa shape index (κ3) is 4.11. The third-order valence-corrected chi connectivity index (χ3v) is 6.51. The number of methoxy groups -OCH3 is 1. The van der Waals surface area contributed by atoms with E-state index in [1.165, 1.54) is 39.2 Å². The largest absolute Gasteiger partial charge is 0.481 e. The fraction of sp³-hybridized carbons (Fsp3) is 0.636. The summed E-state index contributed by atoms with van der Waals surface area (Å²) in [4.78, 5) is 23.9. The van der Waals surface area contributed by atoms with Gasteiger partial charge in [-0.3, -0.25) is 4.79 Å². The number of carboxylic acid groups (broad SMARTS) is 1. The lowest BCUT2D eigenvalue weighted by Crippen LogP contribution is -2.38. The van der Waals surface area contributed by atoms with Gasteiger partial charge in [-0.2, -0.15) is 0 Å². The summed E-state index contributed by atoms with van der Waals surface area (Å²) < 4.78 is 4.75. The van der Waals surface area contributed by atoms with Crippen LogP contribution >= 0.6 is 0 Å². The SMILES string of the molecule is COC(=O)c1ccc([C@H]2CCC[C@@](CC3CCCCC3)(C(=O)O)C2)cc1. The van der Waals surface area contributed by atoms with Crippen molar-refractivity contribution >= 4 is 11.9 Å². The summed E-state index contributed by atoms with van der Waals surface area (Å²) in [6.45, 7) is 0. The summed E-state index contributed by atoms with van der Waals surface area (Å²) in [5.41, 5.74) is 1.11.